The Morgan fingerprint density at radius 2 is 2.00 bits per heavy atom. The van der Waals surface area contributed by atoms with Crippen LogP contribution in [-0.4, -0.2) is 25.5 Å². The van der Waals surface area contributed by atoms with Gasteiger partial charge in [-0.1, -0.05) is 19.8 Å². The van der Waals surface area contributed by atoms with Crippen LogP contribution in [-0.2, 0) is 4.79 Å². The van der Waals surface area contributed by atoms with Crippen molar-refractivity contribution in [2.45, 2.75) is 39.0 Å². The van der Waals surface area contributed by atoms with Crippen molar-refractivity contribution < 1.29 is 4.79 Å². The second-order valence-electron chi connectivity index (χ2n) is 4.02. The molecule has 0 radical (unpaired) electrons. The molecule has 0 bridgehead atoms. The molecule has 1 aliphatic rings. The summed E-state index contributed by atoms with van der Waals surface area (Å²) in [7, 11) is 0. The maximum Gasteiger partial charge on any atom is 0.223 e. The fourth-order valence-corrected chi connectivity index (χ4v) is 1.39. The zero-order chi connectivity index (χ0) is 10.2. The standard InChI is InChI=1S/C11H22N2O/c1-2-3-4-7-12-8-9-13-11(14)10-5-6-10/h10,12H,2-9H2,1H3,(H,13,14). The van der Waals surface area contributed by atoms with Gasteiger partial charge in [-0.05, 0) is 25.8 Å². The van der Waals surface area contributed by atoms with Gasteiger partial charge in [-0.3, -0.25) is 4.79 Å². The molecule has 0 saturated heterocycles. The van der Waals surface area contributed by atoms with E-state index in [4.69, 9.17) is 0 Å². The normalized spacial score (nSPS) is 15.5. The molecule has 0 atom stereocenters. The summed E-state index contributed by atoms with van der Waals surface area (Å²) in [6.07, 6.45) is 5.99. The van der Waals surface area contributed by atoms with E-state index in [2.05, 4.69) is 17.6 Å². The van der Waals surface area contributed by atoms with Crippen molar-refractivity contribution in [1.29, 1.82) is 0 Å². The summed E-state index contributed by atoms with van der Waals surface area (Å²) in [5, 5.41) is 6.25. The van der Waals surface area contributed by atoms with Gasteiger partial charge in [-0.2, -0.15) is 0 Å². The molecule has 82 valence electrons. The molecule has 0 heterocycles. The zero-order valence-corrected chi connectivity index (χ0v) is 9.14. The van der Waals surface area contributed by atoms with Crippen molar-refractivity contribution in [2.75, 3.05) is 19.6 Å². The number of hydrogen-bond acceptors (Lipinski definition) is 2. The Labute approximate surface area is 86.6 Å². The number of hydrogen-bond donors (Lipinski definition) is 2. The summed E-state index contributed by atoms with van der Waals surface area (Å²) < 4.78 is 0. The maximum atomic E-state index is 11.2. The van der Waals surface area contributed by atoms with Crippen LogP contribution in [0.15, 0.2) is 0 Å². The highest BCUT2D eigenvalue weighted by Gasteiger charge is 2.28. The number of nitrogens with one attached hydrogen (secondary N) is 2. The predicted molar refractivity (Wildman–Crippen MR) is 58.1 cm³/mol. The Hall–Kier alpha value is -0.570. The predicted octanol–water partition coefficient (Wildman–Crippen LogP) is 1.29. The van der Waals surface area contributed by atoms with Crippen LogP contribution in [0.5, 0.6) is 0 Å². The first-order valence-corrected chi connectivity index (χ1v) is 5.83. The van der Waals surface area contributed by atoms with E-state index in [1.165, 1.54) is 19.3 Å². The van der Waals surface area contributed by atoms with Crippen LogP contribution in [0.1, 0.15) is 39.0 Å². The van der Waals surface area contributed by atoms with E-state index in [-0.39, 0.29) is 5.91 Å². The minimum absolute atomic E-state index is 0.250. The van der Waals surface area contributed by atoms with Gasteiger partial charge < -0.3 is 10.6 Å². The zero-order valence-electron chi connectivity index (χ0n) is 9.14. The fourth-order valence-electron chi connectivity index (χ4n) is 1.39. The van der Waals surface area contributed by atoms with Crippen molar-refractivity contribution in [2.24, 2.45) is 5.92 Å². The van der Waals surface area contributed by atoms with Gasteiger partial charge in [0.25, 0.3) is 0 Å². The van der Waals surface area contributed by atoms with Gasteiger partial charge in [0.05, 0.1) is 0 Å². The number of carbonyl (C=O) groups excluding carboxylic acids is 1. The lowest BCUT2D eigenvalue weighted by atomic mass is 10.2. The first-order valence-electron chi connectivity index (χ1n) is 5.83. The van der Waals surface area contributed by atoms with E-state index in [0.29, 0.717) is 5.92 Å². The summed E-state index contributed by atoms with van der Waals surface area (Å²) in [5.74, 6) is 0.593. The molecule has 1 aliphatic carbocycles. The highest BCUT2D eigenvalue weighted by atomic mass is 16.2. The number of unbranched alkanes of at least 4 members (excludes halogenated alkanes) is 2. The Balaban J connectivity index is 1.77. The number of amides is 1. The molecule has 0 aliphatic heterocycles. The summed E-state index contributed by atoms with van der Waals surface area (Å²) in [6, 6.07) is 0. The van der Waals surface area contributed by atoms with Gasteiger partial charge in [0.2, 0.25) is 5.91 Å². The molecule has 0 aromatic heterocycles. The Morgan fingerprint density at radius 1 is 1.21 bits per heavy atom. The van der Waals surface area contributed by atoms with E-state index in [9.17, 15) is 4.79 Å². The Morgan fingerprint density at radius 3 is 2.64 bits per heavy atom. The van der Waals surface area contributed by atoms with Crippen molar-refractivity contribution in [3.8, 4) is 0 Å². The third kappa shape index (κ3) is 5.22. The van der Waals surface area contributed by atoms with Crippen LogP contribution in [0, 0.1) is 5.92 Å². The molecule has 14 heavy (non-hydrogen) atoms. The molecule has 3 nitrogen and oxygen atoms in total. The molecule has 2 N–H and O–H groups in total. The smallest absolute Gasteiger partial charge is 0.223 e. The first kappa shape index (κ1) is 11.5. The monoisotopic (exact) mass is 198 g/mol. The molecule has 0 spiro atoms. The van der Waals surface area contributed by atoms with E-state index in [1.807, 2.05) is 0 Å². The van der Waals surface area contributed by atoms with E-state index >= 15 is 0 Å². The van der Waals surface area contributed by atoms with Crippen molar-refractivity contribution in [3.05, 3.63) is 0 Å². The van der Waals surface area contributed by atoms with Crippen LogP contribution in [0.25, 0.3) is 0 Å². The fraction of sp³-hybridized carbons (Fsp3) is 0.909. The molecule has 3 heteroatoms. The van der Waals surface area contributed by atoms with Crippen LogP contribution in [0.2, 0.25) is 0 Å². The first-order chi connectivity index (χ1) is 6.84. The molecule has 0 aromatic carbocycles. The summed E-state index contributed by atoms with van der Waals surface area (Å²) in [4.78, 5) is 11.2. The summed E-state index contributed by atoms with van der Waals surface area (Å²) >= 11 is 0. The second kappa shape index (κ2) is 6.82. The molecule has 0 aromatic rings. The minimum atomic E-state index is 0.250. The molecule has 0 unspecified atom stereocenters. The minimum Gasteiger partial charge on any atom is -0.355 e. The van der Waals surface area contributed by atoms with Crippen molar-refractivity contribution >= 4 is 5.91 Å². The third-order valence-corrected chi connectivity index (χ3v) is 2.51. The van der Waals surface area contributed by atoms with Gasteiger partial charge in [-0.15, -0.1) is 0 Å². The topological polar surface area (TPSA) is 41.1 Å². The SMILES string of the molecule is CCCCCNCCNC(=O)C1CC1. The van der Waals surface area contributed by atoms with E-state index in [1.54, 1.807) is 0 Å². The molecular formula is C11H22N2O. The molecule has 1 saturated carbocycles. The second-order valence-corrected chi connectivity index (χ2v) is 4.02. The number of rotatable bonds is 8. The average Bonchev–Trinajstić information content (AvgIpc) is 2.99. The number of carbonyl (C=O) groups is 1. The molecule has 1 rings (SSSR count). The highest BCUT2D eigenvalue weighted by molar-refractivity contribution is 5.80. The van der Waals surface area contributed by atoms with Crippen LogP contribution in [0.4, 0.5) is 0 Å². The maximum absolute atomic E-state index is 11.2. The molecule has 1 fully saturated rings. The summed E-state index contributed by atoms with van der Waals surface area (Å²) in [6.45, 7) is 4.96. The van der Waals surface area contributed by atoms with Gasteiger partial charge in [0.15, 0.2) is 0 Å². The Bertz CT molecular complexity index is 167. The third-order valence-electron chi connectivity index (χ3n) is 2.51. The lowest BCUT2D eigenvalue weighted by Crippen LogP contribution is -2.32. The van der Waals surface area contributed by atoms with E-state index in [0.717, 1.165) is 32.5 Å². The average molecular weight is 198 g/mol. The van der Waals surface area contributed by atoms with Crippen LogP contribution >= 0.6 is 0 Å². The lowest BCUT2D eigenvalue weighted by molar-refractivity contribution is -0.122. The van der Waals surface area contributed by atoms with Crippen LogP contribution < -0.4 is 10.6 Å². The van der Waals surface area contributed by atoms with Gasteiger partial charge in [0.1, 0.15) is 0 Å². The van der Waals surface area contributed by atoms with Gasteiger partial charge >= 0.3 is 0 Å². The van der Waals surface area contributed by atoms with Crippen LogP contribution in [0.3, 0.4) is 0 Å². The van der Waals surface area contributed by atoms with Crippen molar-refractivity contribution in [1.82, 2.24) is 10.6 Å². The Kier molecular flexibility index (Phi) is 5.60. The molecular weight excluding hydrogens is 176 g/mol. The van der Waals surface area contributed by atoms with Crippen molar-refractivity contribution in [3.63, 3.8) is 0 Å². The summed E-state index contributed by atoms with van der Waals surface area (Å²) in [5.41, 5.74) is 0. The van der Waals surface area contributed by atoms with E-state index < -0.39 is 0 Å². The quantitative estimate of drug-likeness (QED) is 0.577. The largest absolute Gasteiger partial charge is 0.355 e. The lowest BCUT2D eigenvalue weighted by Gasteiger charge is -2.05. The molecule has 1 amide bonds. The van der Waals surface area contributed by atoms with Gasteiger partial charge in [-0.25, -0.2) is 0 Å². The highest BCUT2D eigenvalue weighted by Crippen LogP contribution is 2.28. The van der Waals surface area contributed by atoms with Gasteiger partial charge in [0, 0.05) is 19.0 Å².